The van der Waals surface area contributed by atoms with Crippen molar-refractivity contribution in [3.8, 4) is 0 Å². The summed E-state index contributed by atoms with van der Waals surface area (Å²) in [5, 5.41) is 4.55. The molecule has 2 heteroatoms. The van der Waals surface area contributed by atoms with E-state index in [1.54, 1.807) is 0 Å². The average Bonchev–Trinajstić information content (AvgIpc) is 3.01. The van der Waals surface area contributed by atoms with Crippen molar-refractivity contribution in [2.24, 2.45) is 0 Å². The van der Waals surface area contributed by atoms with Gasteiger partial charge in [0.2, 0.25) is 0 Å². The molecule has 86 valence electrons. The molecule has 1 saturated carbocycles. The van der Waals surface area contributed by atoms with Crippen molar-refractivity contribution in [1.29, 1.82) is 0 Å². The predicted molar refractivity (Wildman–Crippen MR) is 68.0 cm³/mol. The van der Waals surface area contributed by atoms with Crippen LogP contribution >= 0.6 is 11.6 Å². The number of halogens is 1. The minimum absolute atomic E-state index is 0.145. The Morgan fingerprint density at radius 3 is 2.75 bits per heavy atom. The molecular formula is C14H18ClN. The molecule has 2 aliphatic rings. The Balaban J connectivity index is 1.93. The van der Waals surface area contributed by atoms with E-state index in [1.165, 1.54) is 36.8 Å². The molecular weight excluding hydrogens is 218 g/mol. The van der Waals surface area contributed by atoms with Gasteiger partial charge in [0.15, 0.2) is 0 Å². The SMILES string of the molecule is CC1(c2ccc(C3CC3)c(Cl)c2)CCCN1. The summed E-state index contributed by atoms with van der Waals surface area (Å²) in [4.78, 5) is 0. The van der Waals surface area contributed by atoms with Crippen molar-refractivity contribution in [2.45, 2.75) is 44.1 Å². The molecule has 0 radical (unpaired) electrons. The maximum Gasteiger partial charge on any atom is 0.0444 e. The maximum absolute atomic E-state index is 6.38. The first-order valence-electron chi connectivity index (χ1n) is 6.24. The van der Waals surface area contributed by atoms with Crippen LogP contribution in [0.1, 0.15) is 49.7 Å². The third-order valence-corrected chi connectivity index (χ3v) is 4.35. The fraction of sp³-hybridized carbons (Fsp3) is 0.571. The van der Waals surface area contributed by atoms with E-state index in [9.17, 15) is 0 Å². The van der Waals surface area contributed by atoms with Crippen LogP contribution in [0, 0.1) is 0 Å². The van der Waals surface area contributed by atoms with Gasteiger partial charge in [0, 0.05) is 10.6 Å². The normalized spacial score (nSPS) is 29.6. The highest BCUT2D eigenvalue weighted by atomic mass is 35.5. The Kier molecular flexibility index (Phi) is 2.49. The molecule has 1 nitrogen and oxygen atoms in total. The van der Waals surface area contributed by atoms with E-state index >= 15 is 0 Å². The summed E-state index contributed by atoms with van der Waals surface area (Å²) in [6.45, 7) is 3.40. The summed E-state index contributed by atoms with van der Waals surface area (Å²) >= 11 is 6.38. The van der Waals surface area contributed by atoms with Crippen molar-refractivity contribution in [1.82, 2.24) is 5.32 Å². The first kappa shape index (κ1) is 10.6. The van der Waals surface area contributed by atoms with Gasteiger partial charge in [-0.1, -0.05) is 23.7 Å². The summed E-state index contributed by atoms with van der Waals surface area (Å²) in [5.74, 6) is 0.742. The Morgan fingerprint density at radius 1 is 1.38 bits per heavy atom. The van der Waals surface area contributed by atoms with Crippen LogP contribution in [-0.4, -0.2) is 6.54 Å². The molecule has 1 unspecified atom stereocenters. The lowest BCUT2D eigenvalue weighted by Crippen LogP contribution is -2.33. The highest BCUT2D eigenvalue weighted by Crippen LogP contribution is 2.44. The van der Waals surface area contributed by atoms with Crippen LogP contribution < -0.4 is 5.32 Å². The van der Waals surface area contributed by atoms with Gasteiger partial charge >= 0.3 is 0 Å². The molecule has 1 aliphatic heterocycles. The fourth-order valence-electron chi connectivity index (χ4n) is 2.74. The second kappa shape index (κ2) is 3.75. The van der Waals surface area contributed by atoms with E-state index in [0.717, 1.165) is 17.5 Å². The molecule has 1 saturated heterocycles. The number of benzene rings is 1. The van der Waals surface area contributed by atoms with Crippen LogP contribution in [0.4, 0.5) is 0 Å². The first-order valence-corrected chi connectivity index (χ1v) is 6.62. The van der Waals surface area contributed by atoms with Crippen molar-refractivity contribution in [2.75, 3.05) is 6.54 Å². The van der Waals surface area contributed by atoms with Crippen molar-refractivity contribution < 1.29 is 0 Å². The molecule has 0 spiro atoms. The quantitative estimate of drug-likeness (QED) is 0.822. The van der Waals surface area contributed by atoms with E-state index in [-0.39, 0.29) is 5.54 Å². The van der Waals surface area contributed by atoms with Gasteiger partial charge in [-0.3, -0.25) is 0 Å². The van der Waals surface area contributed by atoms with Gasteiger partial charge in [0.05, 0.1) is 0 Å². The van der Waals surface area contributed by atoms with Crippen LogP contribution in [-0.2, 0) is 5.54 Å². The molecule has 1 aromatic rings. The summed E-state index contributed by atoms with van der Waals surface area (Å²) in [6.07, 6.45) is 5.10. The molecule has 1 atom stereocenters. The van der Waals surface area contributed by atoms with Gasteiger partial charge in [0.1, 0.15) is 0 Å². The standard InChI is InChI=1S/C14H18ClN/c1-14(7-2-8-16-14)11-5-6-12(10-3-4-10)13(15)9-11/h5-6,9-10,16H,2-4,7-8H2,1H3. The third-order valence-electron chi connectivity index (χ3n) is 4.02. The minimum atomic E-state index is 0.145. The van der Waals surface area contributed by atoms with Gasteiger partial charge in [-0.15, -0.1) is 0 Å². The monoisotopic (exact) mass is 235 g/mol. The van der Waals surface area contributed by atoms with Crippen LogP contribution in [0.5, 0.6) is 0 Å². The Hall–Kier alpha value is -0.530. The minimum Gasteiger partial charge on any atom is -0.308 e. The van der Waals surface area contributed by atoms with Crippen LogP contribution in [0.15, 0.2) is 18.2 Å². The van der Waals surface area contributed by atoms with E-state index in [4.69, 9.17) is 11.6 Å². The second-order valence-corrected chi connectivity index (χ2v) is 5.78. The van der Waals surface area contributed by atoms with Crippen LogP contribution in [0.2, 0.25) is 5.02 Å². The van der Waals surface area contributed by atoms with Gasteiger partial charge < -0.3 is 5.32 Å². The zero-order valence-corrected chi connectivity index (χ0v) is 10.5. The third kappa shape index (κ3) is 1.76. The molecule has 1 N–H and O–H groups in total. The zero-order chi connectivity index (χ0) is 11.2. The largest absolute Gasteiger partial charge is 0.308 e. The van der Waals surface area contributed by atoms with Crippen molar-refractivity contribution >= 4 is 11.6 Å². The lowest BCUT2D eigenvalue weighted by molar-refractivity contribution is 0.434. The molecule has 3 rings (SSSR count). The molecule has 1 aromatic carbocycles. The second-order valence-electron chi connectivity index (χ2n) is 5.37. The molecule has 0 amide bonds. The summed E-state index contributed by atoms with van der Waals surface area (Å²) in [7, 11) is 0. The number of hydrogen-bond acceptors (Lipinski definition) is 1. The molecule has 16 heavy (non-hydrogen) atoms. The number of nitrogens with one attached hydrogen (secondary N) is 1. The van der Waals surface area contributed by atoms with Gasteiger partial charge in [-0.25, -0.2) is 0 Å². The Morgan fingerprint density at radius 2 is 2.19 bits per heavy atom. The van der Waals surface area contributed by atoms with Gasteiger partial charge in [-0.2, -0.15) is 0 Å². The average molecular weight is 236 g/mol. The zero-order valence-electron chi connectivity index (χ0n) is 9.72. The molecule has 1 heterocycles. The van der Waals surface area contributed by atoms with Crippen LogP contribution in [0.25, 0.3) is 0 Å². The summed E-state index contributed by atoms with van der Waals surface area (Å²) in [5.41, 5.74) is 2.84. The van der Waals surface area contributed by atoms with Gasteiger partial charge in [-0.05, 0) is 62.3 Å². The van der Waals surface area contributed by atoms with E-state index in [2.05, 4.69) is 30.4 Å². The summed E-state index contributed by atoms with van der Waals surface area (Å²) in [6, 6.07) is 6.67. The molecule has 1 aliphatic carbocycles. The van der Waals surface area contributed by atoms with E-state index in [0.29, 0.717) is 0 Å². The lowest BCUT2D eigenvalue weighted by atomic mass is 9.89. The van der Waals surface area contributed by atoms with Crippen LogP contribution in [0.3, 0.4) is 0 Å². The first-order chi connectivity index (χ1) is 7.69. The highest BCUT2D eigenvalue weighted by Gasteiger charge is 2.31. The number of hydrogen-bond donors (Lipinski definition) is 1. The topological polar surface area (TPSA) is 12.0 Å². The fourth-order valence-corrected chi connectivity index (χ4v) is 3.07. The molecule has 0 aromatic heterocycles. The van der Waals surface area contributed by atoms with Crippen molar-refractivity contribution in [3.05, 3.63) is 34.3 Å². The summed E-state index contributed by atoms with van der Waals surface area (Å²) < 4.78 is 0. The predicted octanol–water partition coefficient (Wildman–Crippen LogP) is 3.82. The van der Waals surface area contributed by atoms with E-state index < -0.39 is 0 Å². The maximum atomic E-state index is 6.38. The number of rotatable bonds is 2. The highest BCUT2D eigenvalue weighted by molar-refractivity contribution is 6.31. The van der Waals surface area contributed by atoms with Gasteiger partial charge in [0.25, 0.3) is 0 Å². The lowest BCUT2D eigenvalue weighted by Gasteiger charge is -2.25. The molecule has 0 bridgehead atoms. The van der Waals surface area contributed by atoms with E-state index in [1.807, 2.05) is 0 Å². The smallest absolute Gasteiger partial charge is 0.0444 e. The Labute approximate surface area is 102 Å². The van der Waals surface area contributed by atoms with Crippen molar-refractivity contribution in [3.63, 3.8) is 0 Å². The molecule has 2 fully saturated rings. The Bertz CT molecular complexity index is 403.